The van der Waals surface area contributed by atoms with Gasteiger partial charge in [0.1, 0.15) is 0 Å². The molecule has 2 saturated heterocycles. The number of benzene rings is 1. The van der Waals surface area contributed by atoms with Crippen molar-refractivity contribution in [3.05, 3.63) is 48.0 Å². The highest BCUT2D eigenvalue weighted by atomic mass is 16.7. The number of allylic oxidation sites excluding steroid dienone is 2. The van der Waals surface area contributed by atoms with Crippen molar-refractivity contribution in [2.24, 2.45) is 17.8 Å². The van der Waals surface area contributed by atoms with Crippen LogP contribution in [0.1, 0.15) is 46.1 Å². The maximum absolute atomic E-state index is 13.4. The number of rotatable bonds is 4. The van der Waals surface area contributed by atoms with E-state index in [9.17, 15) is 4.79 Å². The Balaban J connectivity index is 1.47. The monoisotopic (exact) mass is 381 g/mol. The standard InChI is InChI=1S/C23H32BNO3/c1-22(2)23(3,4)28-24(27-22)15-19-12-8-11-18-13-14-25(21(26)20(18)19)16-17-9-6-5-7-10-17/h5-11,18-20H,12-16H2,1-4H3/t18-,19-,20+/m0/s1. The Labute approximate surface area is 169 Å². The van der Waals surface area contributed by atoms with E-state index in [0.29, 0.717) is 18.4 Å². The van der Waals surface area contributed by atoms with Crippen LogP contribution in [-0.4, -0.2) is 35.7 Å². The number of carbonyl (C=O) groups is 1. The maximum Gasteiger partial charge on any atom is 0.458 e. The molecule has 0 bridgehead atoms. The molecule has 2 fully saturated rings. The van der Waals surface area contributed by atoms with Crippen molar-refractivity contribution in [1.82, 2.24) is 4.90 Å². The Hall–Kier alpha value is -1.59. The largest absolute Gasteiger partial charge is 0.458 e. The molecule has 1 aromatic rings. The zero-order chi connectivity index (χ0) is 19.9. The Kier molecular flexibility index (Phi) is 5.17. The van der Waals surface area contributed by atoms with Gasteiger partial charge in [0.15, 0.2) is 0 Å². The van der Waals surface area contributed by atoms with Gasteiger partial charge in [-0.3, -0.25) is 4.79 Å². The SMILES string of the molecule is CC1(C)OB(C[C@@H]2CC=C[C@H]3CCN(Cc4ccccc4)C(=O)[C@@H]23)OC1(C)C. The molecule has 2 aliphatic heterocycles. The van der Waals surface area contributed by atoms with Gasteiger partial charge < -0.3 is 14.2 Å². The first-order valence-corrected chi connectivity index (χ1v) is 10.6. The van der Waals surface area contributed by atoms with Crippen LogP contribution in [0.5, 0.6) is 0 Å². The fourth-order valence-electron chi connectivity index (χ4n) is 4.84. The zero-order valence-corrected chi connectivity index (χ0v) is 17.6. The van der Waals surface area contributed by atoms with E-state index in [2.05, 4.69) is 52.0 Å². The minimum absolute atomic E-state index is 0.0430. The smallest absolute Gasteiger partial charge is 0.403 e. The van der Waals surface area contributed by atoms with Crippen LogP contribution in [0.3, 0.4) is 0 Å². The Morgan fingerprint density at radius 2 is 1.79 bits per heavy atom. The van der Waals surface area contributed by atoms with E-state index in [4.69, 9.17) is 9.31 Å². The topological polar surface area (TPSA) is 38.8 Å². The first kappa shape index (κ1) is 19.7. The number of fused-ring (bicyclic) bond motifs is 1. The van der Waals surface area contributed by atoms with Gasteiger partial charge in [-0.05, 0) is 64.3 Å². The van der Waals surface area contributed by atoms with Gasteiger partial charge in [0.25, 0.3) is 0 Å². The Bertz CT molecular complexity index is 729. The first-order chi connectivity index (χ1) is 13.3. The number of likely N-dealkylation sites (tertiary alicyclic amines) is 1. The van der Waals surface area contributed by atoms with E-state index in [0.717, 1.165) is 25.7 Å². The van der Waals surface area contributed by atoms with Crippen molar-refractivity contribution < 1.29 is 14.1 Å². The van der Waals surface area contributed by atoms with Gasteiger partial charge in [-0.15, -0.1) is 0 Å². The molecule has 2 heterocycles. The molecule has 3 aliphatic rings. The number of carbonyl (C=O) groups excluding carboxylic acids is 1. The quantitative estimate of drug-likeness (QED) is 0.576. The molecule has 1 aliphatic carbocycles. The lowest BCUT2D eigenvalue weighted by Crippen LogP contribution is -2.49. The van der Waals surface area contributed by atoms with E-state index in [1.165, 1.54) is 5.56 Å². The molecule has 3 atom stereocenters. The van der Waals surface area contributed by atoms with Crippen molar-refractivity contribution in [2.45, 2.75) is 64.6 Å². The molecule has 0 saturated carbocycles. The normalized spacial score (nSPS) is 31.1. The Morgan fingerprint density at radius 3 is 2.46 bits per heavy atom. The molecular formula is C23H32BNO3. The summed E-state index contributed by atoms with van der Waals surface area (Å²) in [5, 5.41) is 0. The van der Waals surface area contributed by atoms with Crippen LogP contribution < -0.4 is 0 Å². The third-order valence-electron chi connectivity index (χ3n) is 7.13. The van der Waals surface area contributed by atoms with Gasteiger partial charge in [-0.2, -0.15) is 0 Å². The van der Waals surface area contributed by atoms with Gasteiger partial charge >= 0.3 is 7.12 Å². The number of hydrogen-bond acceptors (Lipinski definition) is 3. The lowest BCUT2D eigenvalue weighted by molar-refractivity contribution is -0.143. The third kappa shape index (κ3) is 3.67. The summed E-state index contributed by atoms with van der Waals surface area (Å²) in [6.07, 6.45) is 7.28. The lowest BCUT2D eigenvalue weighted by atomic mass is 9.64. The second kappa shape index (κ2) is 7.35. The first-order valence-electron chi connectivity index (χ1n) is 10.6. The van der Waals surface area contributed by atoms with E-state index < -0.39 is 0 Å². The fraction of sp³-hybridized carbons (Fsp3) is 0.609. The van der Waals surface area contributed by atoms with Crippen molar-refractivity contribution >= 4 is 13.0 Å². The van der Waals surface area contributed by atoms with Crippen molar-refractivity contribution in [3.63, 3.8) is 0 Å². The molecular weight excluding hydrogens is 349 g/mol. The minimum Gasteiger partial charge on any atom is -0.403 e. The number of hydrogen-bond donors (Lipinski definition) is 0. The summed E-state index contributed by atoms with van der Waals surface area (Å²) in [4.78, 5) is 15.5. The molecule has 4 rings (SSSR count). The summed E-state index contributed by atoms with van der Waals surface area (Å²) in [6.45, 7) is 9.89. The van der Waals surface area contributed by atoms with Crippen LogP contribution >= 0.6 is 0 Å². The second-order valence-corrected chi connectivity index (χ2v) is 9.57. The molecule has 5 heteroatoms. The molecule has 0 N–H and O–H groups in total. The summed E-state index contributed by atoms with van der Waals surface area (Å²) in [5.74, 6) is 0.962. The van der Waals surface area contributed by atoms with E-state index in [1.807, 2.05) is 23.1 Å². The van der Waals surface area contributed by atoms with Crippen molar-refractivity contribution in [2.75, 3.05) is 6.54 Å². The van der Waals surface area contributed by atoms with Crippen molar-refractivity contribution in [3.8, 4) is 0 Å². The fourth-order valence-corrected chi connectivity index (χ4v) is 4.84. The maximum atomic E-state index is 13.4. The highest BCUT2D eigenvalue weighted by Crippen LogP contribution is 2.44. The molecule has 150 valence electrons. The molecule has 0 aromatic heterocycles. The predicted molar refractivity (Wildman–Crippen MR) is 112 cm³/mol. The van der Waals surface area contributed by atoms with Crippen LogP contribution in [0, 0.1) is 17.8 Å². The highest BCUT2D eigenvalue weighted by molar-refractivity contribution is 6.45. The minimum atomic E-state index is -0.322. The van der Waals surface area contributed by atoms with Gasteiger partial charge in [0.2, 0.25) is 5.91 Å². The van der Waals surface area contributed by atoms with Crippen LogP contribution in [0.25, 0.3) is 0 Å². The molecule has 1 amide bonds. The molecule has 0 radical (unpaired) electrons. The van der Waals surface area contributed by atoms with Gasteiger partial charge in [0, 0.05) is 19.0 Å². The average Bonchev–Trinajstić information content (AvgIpc) is 2.85. The molecule has 28 heavy (non-hydrogen) atoms. The zero-order valence-electron chi connectivity index (χ0n) is 17.6. The number of nitrogens with zero attached hydrogens (tertiary/aromatic N) is 1. The number of piperidine rings is 1. The summed E-state index contributed by atoms with van der Waals surface area (Å²) in [5.41, 5.74) is 0.554. The van der Waals surface area contributed by atoms with E-state index in [1.54, 1.807) is 0 Å². The predicted octanol–water partition coefficient (Wildman–Crippen LogP) is 4.32. The third-order valence-corrected chi connectivity index (χ3v) is 7.13. The molecule has 0 spiro atoms. The number of amides is 1. The second-order valence-electron chi connectivity index (χ2n) is 9.57. The van der Waals surface area contributed by atoms with Crippen LogP contribution in [0.15, 0.2) is 42.5 Å². The van der Waals surface area contributed by atoms with Crippen LogP contribution in [-0.2, 0) is 20.6 Å². The molecule has 4 nitrogen and oxygen atoms in total. The van der Waals surface area contributed by atoms with Crippen LogP contribution in [0.2, 0.25) is 6.32 Å². The van der Waals surface area contributed by atoms with Crippen LogP contribution in [0.4, 0.5) is 0 Å². The summed E-state index contributed by atoms with van der Waals surface area (Å²) in [7, 11) is -0.237. The van der Waals surface area contributed by atoms with E-state index >= 15 is 0 Å². The lowest BCUT2D eigenvalue weighted by Gasteiger charge is -2.42. The summed E-state index contributed by atoms with van der Waals surface area (Å²) in [6, 6.07) is 10.3. The average molecular weight is 381 g/mol. The highest BCUT2D eigenvalue weighted by Gasteiger charge is 2.53. The van der Waals surface area contributed by atoms with Gasteiger partial charge in [-0.25, -0.2) is 0 Å². The van der Waals surface area contributed by atoms with E-state index in [-0.39, 0.29) is 30.2 Å². The summed E-state index contributed by atoms with van der Waals surface area (Å²) < 4.78 is 12.5. The molecule has 1 aromatic carbocycles. The van der Waals surface area contributed by atoms with Gasteiger partial charge in [-0.1, -0.05) is 42.5 Å². The van der Waals surface area contributed by atoms with Crippen molar-refractivity contribution in [1.29, 1.82) is 0 Å². The molecule has 0 unspecified atom stereocenters. The summed E-state index contributed by atoms with van der Waals surface area (Å²) >= 11 is 0. The Morgan fingerprint density at radius 1 is 1.11 bits per heavy atom. The van der Waals surface area contributed by atoms with Gasteiger partial charge in [0.05, 0.1) is 11.2 Å².